The summed E-state index contributed by atoms with van der Waals surface area (Å²) in [4.78, 5) is 29.0. The molecule has 0 fully saturated rings. The molecule has 208 valence electrons. The molecule has 0 aliphatic heterocycles. The first kappa shape index (κ1) is 30.9. The lowest BCUT2D eigenvalue weighted by molar-refractivity contribution is -0.142. The van der Waals surface area contributed by atoms with Crippen molar-refractivity contribution in [3.8, 4) is 5.75 Å². The predicted molar refractivity (Wildman–Crippen MR) is 165 cm³/mol. The summed E-state index contributed by atoms with van der Waals surface area (Å²) < 4.78 is 7.75. The quantitative estimate of drug-likeness (QED) is 0.235. The van der Waals surface area contributed by atoms with Crippen LogP contribution in [0.15, 0.2) is 81.7 Å². The van der Waals surface area contributed by atoms with Crippen LogP contribution in [0.1, 0.15) is 51.3 Å². The maximum absolute atomic E-state index is 13.8. The number of nitrogens with one attached hydrogen (secondary N) is 1. The van der Waals surface area contributed by atoms with Gasteiger partial charge in [-0.2, -0.15) is 0 Å². The van der Waals surface area contributed by atoms with Crippen molar-refractivity contribution < 1.29 is 14.3 Å². The second kappa shape index (κ2) is 14.1. The van der Waals surface area contributed by atoms with Gasteiger partial charge in [0.25, 0.3) is 5.91 Å². The second-order valence-electron chi connectivity index (χ2n) is 11.2. The second-order valence-corrected chi connectivity index (χ2v) is 12.9. The van der Waals surface area contributed by atoms with Crippen molar-refractivity contribution in [2.75, 3.05) is 13.2 Å². The van der Waals surface area contributed by atoms with E-state index in [1.165, 1.54) is 0 Å². The highest BCUT2D eigenvalue weighted by Gasteiger charge is 2.31. The molecule has 0 bridgehead atoms. The van der Waals surface area contributed by atoms with Crippen molar-refractivity contribution in [3.63, 3.8) is 0 Å². The average molecular weight is 658 g/mol. The summed E-state index contributed by atoms with van der Waals surface area (Å²) in [6.45, 7) is 11.2. The summed E-state index contributed by atoms with van der Waals surface area (Å²) in [5.74, 6) is 0.446. The molecule has 0 aliphatic rings. The van der Waals surface area contributed by atoms with Gasteiger partial charge >= 0.3 is 0 Å². The molecule has 3 rings (SSSR count). The monoisotopic (exact) mass is 656 g/mol. The van der Waals surface area contributed by atoms with Crippen molar-refractivity contribution >= 4 is 43.7 Å². The number of nitrogens with zero attached hydrogens (tertiary/aromatic N) is 1. The number of ether oxygens (including phenoxy) is 1. The molecule has 3 aromatic rings. The molecule has 0 aromatic heterocycles. The largest absolute Gasteiger partial charge is 0.483 e. The van der Waals surface area contributed by atoms with Crippen LogP contribution in [0.3, 0.4) is 0 Å². The zero-order chi connectivity index (χ0) is 28.6. The molecule has 0 spiro atoms. The third-order valence-corrected chi connectivity index (χ3v) is 7.52. The number of carbonyl (C=O) groups is 2. The van der Waals surface area contributed by atoms with E-state index in [9.17, 15) is 9.59 Å². The number of amides is 2. The molecule has 0 aliphatic carbocycles. The third-order valence-electron chi connectivity index (χ3n) is 6.37. The maximum atomic E-state index is 13.8. The normalized spacial score (nSPS) is 12.2. The first-order valence-corrected chi connectivity index (χ1v) is 14.8. The van der Waals surface area contributed by atoms with Crippen LogP contribution < -0.4 is 10.1 Å². The van der Waals surface area contributed by atoms with Gasteiger partial charge in [0.15, 0.2) is 6.61 Å². The van der Waals surface area contributed by atoms with Gasteiger partial charge in [0.2, 0.25) is 5.91 Å². The zero-order valence-electron chi connectivity index (χ0n) is 23.3. The van der Waals surface area contributed by atoms with Gasteiger partial charge in [0, 0.05) is 24.0 Å². The molecule has 0 saturated carbocycles. The fourth-order valence-electron chi connectivity index (χ4n) is 4.07. The van der Waals surface area contributed by atoms with E-state index in [0.29, 0.717) is 24.6 Å². The lowest BCUT2D eigenvalue weighted by atomic mass is 9.87. The number of hydrogen-bond donors (Lipinski definition) is 1. The van der Waals surface area contributed by atoms with Gasteiger partial charge in [-0.1, -0.05) is 99.1 Å². The molecule has 1 atom stereocenters. The molecule has 39 heavy (non-hydrogen) atoms. The minimum atomic E-state index is -0.697. The van der Waals surface area contributed by atoms with E-state index in [4.69, 9.17) is 4.74 Å². The van der Waals surface area contributed by atoms with Gasteiger partial charge in [0.05, 0.1) is 4.47 Å². The predicted octanol–water partition coefficient (Wildman–Crippen LogP) is 7.30. The minimum absolute atomic E-state index is 0.00759. The molecule has 1 N–H and O–H groups in total. The molecule has 5 nitrogen and oxygen atoms in total. The summed E-state index contributed by atoms with van der Waals surface area (Å²) in [7, 11) is 0. The molecular formula is C32H38Br2N2O3. The average Bonchev–Trinajstić information content (AvgIpc) is 2.89. The van der Waals surface area contributed by atoms with Crippen molar-refractivity contribution in [1.29, 1.82) is 0 Å². The van der Waals surface area contributed by atoms with E-state index in [1.54, 1.807) is 4.90 Å². The standard InChI is InChI=1S/C32H38Br2N2O3/c1-22(2)19-35-31(38)28(17-23-9-7-6-8-10-23)36(20-24-11-14-26(33)15-12-24)30(37)21-39-29-16-13-25(18-27(29)34)32(3,4)5/h6-16,18,22,28H,17,19-21H2,1-5H3,(H,35,38). The SMILES string of the molecule is CC(C)CNC(=O)C(Cc1ccccc1)N(Cc1ccc(Br)cc1)C(=O)COc1ccc(C(C)(C)C)cc1Br. The van der Waals surface area contributed by atoms with Gasteiger partial charge in [-0.05, 0) is 68.2 Å². The van der Waals surface area contributed by atoms with Crippen molar-refractivity contribution in [1.82, 2.24) is 10.2 Å². The Hall–Kier alpha value is -2.64. The molecule has 2 amide bonds. The van der Waals surface area contributed by atoms with Gasteiger partial charge in [-0.3, -0.25) is 9.59 Å². The molecule has 1 unspecified atom stereocenters. The fourth-order valence-corrected chi connectivity index (χ4v) is 4.83. The highest BCUT2D eigenvalue weighted by Crippen LogP contribution is 2.31. The molecule has 0 heterocycles. The van der Waals surface area contributed by atoms with Crippen LogP contribution in [0, 0.1) is 5.92 Å². The summed E-state index contributed by atoms with van der Waals surface area (Å²) in [5.41, 5.74) is 3.07. The molecule has 7 heteroatoms. The van der Waals surface area contributed by atoms with Crippen LogP contribution >= 0.6 is 31.9 Å². The highest BCUT2D eigenvalue weighted by molar-refractivity contribution is 9.10. The molecule has 0 saturated heterocycles. The van der Waals surface area contributed by atoms with Crippen molar-refractivity contribution in [2.24, 2.45) is 5.92 Å². The first-order valence-electron chi connectivity index (χ1n) is 13.2. The Labute approximate surface area is 249 Å². The number of benzene rings is 3. The lowest BCUT2D eigenvalue weighted by Crippen LogP contribution is -2.52. The molecular weight excluding hydrogens is 620 g/mol. The van der Waals surface area contributed by atoms with Gasteiger partial charge in [-0.25, -0.2) is 0 Å². The Morgan fingerprint density at radius 1 is 0.923 bits per heavy atom. The Morgan fingerprint density at radius 2 is 1.59 bits per heavy atom. The Kier molecular flexibility index (Phi) is 11.2. The minimum Gasteiger partial charge on any atom is -0.483 e. The van der Waals surface area contributed by atoms with Crippen LogP contribution in [-0.4, -0.2) is 35.9 Å². The van der Waals surface area contributed by atoms with Crippen LogP contribution in [-0.2, 0) is 28.0 Å². The fraction of sp³-hybridized carbons (Fsp3) is 0.375. The topological polar surface area (TPSA) is 58.6 Å². The van der Waals surface area contributed by atoms with Crippen LogP contribution in [0.25, 0.3) is 0 Å². The van der Waals surface area contributed by atoms with Gasteiger partial charge in [-0.15, -0.1) is 0 Å². The highest BCUT2D eigenvalue weighted by atomic mass is 79.9. The lowest BCUT2D eigenvalue weighted by Gasteiger charge is -2.32. The Balaban J connectivity index is 1.90. The van der Waals surface area contributed by atoms with Crippen molar-refractivity contribution in [3.05, 3.63) is 98.4 Å². The molecule has 3 aromatic carbocycles. The molecule has 0 radical (unpaired) electrons. The number of rotatable bonds is 11. The number of hydrogen-bond acceptors (Lipinski definition) is 3. The Morgan fingerprint density at radius 3 is 2.18 bits per heavy atom. The summed E-state index contributed by atoms with van der Waals surface area (Å²) in [6.07, 6.45) is 0.400. The van der Waals surface area contributed by atoms with Crippen LogP contribution in [0.5, 0.6) is 5.75 Å². The Bertz CT molecular complexity index is 1240. The number of halogens is 2. The van der Waals surface area contributed by atoms with Crippen LogP contribution in [0.2, 0.25) is 0 Å². The van der Waals surface area contributed by atoms with E-state index < -0.39 is 6.04 Å². The first-order chi connectivity index (χ1) is 18.4. The van der Waals surface area contributed by atoms with E-state index >= 15 is 0 Å². The summed E-state index contributed by atoms with van der Waals surface area (Å²) in [5, 5.41) is 3.05. The van der Waals surface area contributed by atoms with E-state index in [2.05, 4.69) is 57.9 Å². The van der Waals surface area contributed by atoms with Crippen molar-refractivity contribution in [2.45, 2.75) is 59.0 Å². The van der Waals surface area contributed by atoms with E-state index in [0.717, 1.165) is 25.6 Å². The maximum Gasteiger partial charge on any atom is 0.261 e. The van der Waals surface area contributed by atoms with Gasteiger partial charge in [0.1, 0.15) is 11.8 Å². The summed E-state index contributed by atoms with van der Waals surface area (Å²) in [6, 6.07) is 22.8. The zero-order valence-corrected chi connectivity index (χ0v) is 26.5. The smallest absolute Gasteiger partial charge is 0.261 e. The van der Waals surface area contributed by atoms with Gasteiger partial charge < -0.3 is 15.0 Å². The summed E-state index contributed by atoms with van der Waals surface area (Å²) >= 11 is 7.08. The van der Waals surface area contributed by atoms with Crippen LogP contribution in [0.4, 0.5) is 0 Å². The van der Waals surface area contributed by atoms with E-state index in [-0.39, 0.29) is 30.4 Å². The van der Waals surface area contributed by atoms with E-state index in [1.807, 2.05) is 86.6 Å². The number of carbonyl (C=O) groups excluding carboxylic acids is 2. The third kappa shape index (κ3) is 9.50.